The maximum Gasteiger partial charge on any atom is 0.131 e. The highest BCUT2D eigenvalue weighted by Gasteiger charge is 2.18. The summed E-state index contributed by atoms with van der Waals surface area (Å²) in [6.07, 6.45) is 0. The van der Waals surface area contributed by atoms with Gasteiger partial charge < -0.3 is 10.1 Å². The number of hydrogen-bond donors (Lipinski definition) is 1. The van der Waals surface area contributed by atoms with Crippen molar-refractivity contribution in [1.29, 1.82) is 0 Å². The molecule has 112 valence electrons. The summed E-state index contributed by atoms with van der Waals surface area (Å²) >= 11 is 0. The van der Waals surface area contributed by atoms with Crippen LogP contribution in [0, 0.1) is 25.5 Å². The van der Waals surface area contributed by atoms with Crippen LogP contribution in [0.1, 0.15) is 28.3 Å². The van der Waals surface area contributed by atoms with Gasteiger partial charge in [0.15, 0.2) is 0 Å². The lowest BCUT2D eigenvalue weighted by Crippen LogP contribution is -2.19. The highest BCUT2D eigenvalue weighted by molar-refractivity contribution is 5.46. The Morgan fingerprint density at radius 3 is 2.14 bits per heavy atom. The second kappa shape index (κ2) is 6.22. The largest absolute Gasteiger partial charge is 0.496 e. The van der Waals surface area contributed by atoms with Crippen LogP contribution in [-0.2, 0) is 0 Å². The minimum atomic E-state index is -0.576. The normalized spacial score (nSPS) is 12.3. The van der Waals surface area contributed by atoms with Gasteiger partial charge in [0, 0.05) is 11.6 Å². The second-order valence-electron chi connectivity index (χ2n) is 5.08. The van der Waals surface area contributed by atoms with Crippen LogP contribution in [0.2, 0.25) is 0 Å². The molecule has 1 unspecified atom stereocenters. The molecule has 0 bridgehead atoms. The predicted molar refractivity (Wildman–Crippen MR) is 79.7 cm³/mol. The molecule has 0 aliphatic carbocycles. The molecule has 0 saturated heterocycles. The van der Waals surface area contributed by atoms with Gasteiger partial charge in [-0.2, -0.15) is 0 Å². The lowest BCUT2D eigenvalue weighted by atomic mass is 9.94. The highest BCUT2D eigenvalue weighted by atomic mass is 19.1. The van der Waals surface area contributed by atoms with Gasteiger partial charge in [0.25, 0.3) is 0 Å². The number of aryl methyl sites for hydroxylation is 2. The van der Waals surface area contributed by atoms with Crippen molar-refractivity contribution in [3.05, 3.63) is 64.2 Å². The molecule has 0 fully saturated rings. The summed E-state index contributed by atoms with van der Waals surface area (Å²) < 4.78 is 32.4. The molecule has 0 aliphatic rings. The molecular weight excluding hydrogens is 272 g/mol. The number of halogens is 2. The smallest absolute Gasteiger partial charge is 0.131 e. The molecule has 0 spiro atoms. The van der Waals surface area contributed by atoms with Crippen molar-refractivity contribution in [2.45, 2.75) is 19.9 Å². The molecule has 0 amide bonds. The first-order valence-electron chi connectivity index (χ1n) is 6.75. The Morgan fingerprint density at radius 2 is 1.67 bits per heavy atom. The maximum absolute atomic E-state index is 14.0. The quantitative estimate of drug-likeness (QED) is 0.922. The molecule has 0 aliphatic heterocycles. The molecule has 4 heteroatoms. The zero-order valence-corrected chi connectivity index (χ0v) is 12.6. The van der Waals surface area contributed by atoms with Crippen LogP contribution < -0.4 is 10.1 Å². The van der Waals surface area contributed by atoms with Crippen LogP contribution in [0.4, 0.5) is 8.78 Å². The molecule has 0 radical (unpaired) electrons. The molecule has 1 N–H and O–H groups in total. The third-order valence-electron chi connectivity index (χ3n) is 3.58. The summed E-state index contributed by atoms with van der Waals surface area (Å²) in [5.74, 6) is -0.304. The van der Waals surface area contributed by atoms with Crippen molar-refractivity contribution in [3.8, 4) is 5.75 Å². The van der Waals surface area contributed by atoms with E-state index >= 15 is 0 Å². The van der Waals surface area contributed by atoms with Crippen LogP contribution in [0.3, 0.4) is 0 Å². The van der Waals surface area contributed by atoms with Gasteiger partial charge in [0.1, 0.15) is 17.4 Å². The highest BCUT2D eigenvalue weighted by Crippen LogP contribution is 2.31. The van der Waals surface area contributed by atoms with Crippen LogP contribution >= 0.6 is 0 Å². The van der Waals surface area contributed by atoms with E-state index in [0.29, 0.717) is 5.56 Å². The van der Waals surface area contributed by atoms with Crippen molar-refractivity contribution in [2.24, 2.45) is 0 Å². The number of benzene rings is 2. The number of hydrogen-bond acceptors (Lipinski definition) is 2. The molecule has 0 aromatic heterocycles. The van der Waals surface area contributed by atoms with Gasteiger partial charge in [-0.25, -0.2) is 8.78 Å². The second-order valence-corrected chi connectivity index (χ2v) is 5.08. The van der Waals surface area contributed by atoms with Crippen LogP contribution in [0.15, 0.2) is 30.3 Å². The Kier molecular flexibility index (Phi) is 4.58. The van der Waals surface area contributed by atoms with Gasteiger partial charge in [-0.05, 0) is 43.7 Å². The number of ether oxygens (including phenoxy) is 1. The minimum absolute atomic E-state index is 0.339. The third-order valence-corrected chi connectivity index (χ3v) is 3.58. The van der Waals surface area contributed by atoms with E-state index in [0.717, 1.165) is 28.5 Å². The maximum atomic E-state index is 14.0. The van der Waals surface area contributed by atoms with Crippen molar-refractivity contribution in [3.63, 3.8) is 0 Å². The van der Waals surface area contributed by atoms with Crippen LogP contribution in [0.25, 0.3) is 0 Å². The zero-order valence-electron chi connectivity index (χ0n) is 12.6. The van der Waals surface area contributed by atoms with Gasteiger partial charge in [0.05, 0.1) is 13.2 Å². The van der Waals surface area contributed by atoms with E-state index in [1.54, 1.807) is 14.2 Å². The number of nitrogens with one attached hydrogen (secondary N) is 1. The monoisotopic (exact) mass is 291 g/mol. The molecule has 2 aromatic carbocycles. The minimum Gasteiger partial charge on any atom is -0.496 e. The van der Waals surface area contributed by atoms with E-state index < -0.39 is 11.6 Å². The molecule has 2 rings (SSSR count). The molecule has 0 saturated carbocycles. The fourth-order valence-electron chi connectivity index (χ4n) is 2.71. The average Bonchev–Trinajstić information content (AvgIpc) is 2.41. The lowest BCUT2D eigenvalue weighted by Gasteiger charge is -2.20. The predicted octanol–water partition coefficient (Wildman–Crippen LogP) is 3.90. The fourth-order valence-corrected chi connectivity index (χ4v) is 2.71. The molecule has 2 aromatic rings. The molecule has 21 heavy (non-hydrogen) atoms. The van der Waals surface area contributed by atoms with Crippen molar-refractivity contribution >= 4 is 0 Å². The van der Waals surface area contributed by atoms with E-state index in [4.69, 9.17) is 4.74 Å². The van der Waals surface area contributed by atoms with E-state index in [9.17, 15) is 8.78 Å². The zero-order chi connectivity index (χ0) is 15.6. The molecule has 1 atom stereocenters. The van der Waals surface area contributed by atoms with Gasteiger partial charge >= 0.3 is 0 Å². The summed E-state index contributed by atoms with van der Waals surface area (Å²) in [5, 5.41) is 3.08. The first kappa shape index (κ1) is 15.4. The Balaban J connectivity index is 2.51. The van der Waals surface area contributed by atoms with Crippen molar-refractivity contribution in [2.75, 3.05) is 14.2 Å². The van der Waals surface area contributed by atoms with Gasteiger partial charge in [-0.15, -0.1) is 0 Å². The van der Waals surface area contributed by atoms with Gasteiger partial charge in [0.2, 0.25) is 0 Å². The average molecular weight is 291 g/mol. The lowest BCUT2D eigenvalue weighted by molar-refractivity contribution is 0.408. The first-order valence-corrected chi connectivity index (χ1v) is 6.75. The Bertz CT molecular complexity index is 632. The van der Waals surface area contributed by atoms with Crippen LogP contribution in [-0.4, -0.2) is 14.2 Å². The Labute approximate surface area is 123 Å². The summed E-state index contributed by atoms with van der Waals surface area (Å²) in [6, 6.07) is 7.22. The number of rotatable bonds is 4. The SMILES string of the molecule is CNC(c1cc(C)c(OC)c(C)c1)c1ccc(F)cc1F. The molecular formula is C17H19F2NO. The summed E-state index contributed by atoms with van der Waals surface area (Å²) in [6.45, 7) is 3.89. The van der Waals surface area contributed by atoms with Gasteiger partial charge in [-0.3, -0.25) is 0 Å². The topological polar surface area (TPSA) is 21.3 Å². The number of methoxy groups -OCH3 is 1. The Morgan fingerprint density at radius 1 is 1.05 bits per heavy atom. The van der Waals surface area contributed by atoms with Crippen molar-refractivity contribution in [1.82, 2.24) is 5.32 Å². The molecule has 2 nitrogen and oxygen atoms in total. The summed E-state index contributed by atoms with van der Waals surface area (Å²) in [4.78, 5) is 0. The van der Waals surface area contributed by atoms with E-state index in [2.05, 4.69) is 5.32 Å². The molecule has 0 heterocycles. The fraction of sp³-hybridized carbons (Fsp3) is 0.294. The Hall–Kier alpha value is -1.94. The third kappa shape index (κ3) is 3.05. The van der Waals surface area contributed by atoms with Crippen LogP contribution in [0.5, 0.6) is 5.75 Å². The van der Waals surface area contributed by atoms with E-state index in [1.807, 2.05) is 26.0 Å². The first-order chi connectivity index (χ1) is 9.97. The van der Waals surface area contributed by atoms with Gasteiger partial charge in [-0.1, -0.05) is 18.2 Å². The van der Waals surface area contributed by atoms with E-state index in [-0.39, 0.29) is 6.04 Å². The van der Waals surface area contributed by atoms with E-state index in [1.165, 1.54) is 12.1 Å². The summed E-state index contributed by atoms with van der Waals surface area (Å²) in [5.41, 5.74) is 3.30. The summed E-state index contributed by atoms with van der Waals surface area (Å²) in [7, 11) is 3.38. The standard InChI is InChI=1S/C17H19F2NO/c1-10-7-12(8-11(2)17(10)21-4)16(20-3)14-6-5-13(18)9-15(14)19/h5-9,16,20H,1-4H3. The van der Waals surface area contributed by atoms with Crippen molar-refractivity contribution < 1.29 is 13.5 Å².